The maximum Gasteiger partial charge on any atom is 0.0549 e. The van der Waals surface area contributed by atoms with Gasteiger partial charge in [0.25, 0.3) is 0 Å². The predicted molar refractivity (Wildman–Crippen MR) is 80.4 cm³/mol. The number of nitrogens with one attached hydrogen (secondary N) is 1. The van der Waals surface area contributed by atoms with Gasteiger partial charge in [0, 0.05) is 22.0 Å². The zero-order valence-corrected chi connectivity index (χ0v) is 12.3. The van der Waals surface area contributed by atoms with Crippen molar-refractivity contribution >= 4 is 23.5 Å². The van der Waals surface area contributed by atoms with Crippen LogP contribution in [0, 0.1) is 0 Å². The molecule has 1 aliphatic carbocycles. The average molecular weight is 272 g/mol. The summed E-state index contributed by atoms with van der Waals surface area (Å²) < 4.78 is 0. The van der Waals surface area contributed by atoms with Crippen molar-refractivity contribution in [2.75, 3.05) is 11.5 Å². The van der Waals surface area contributed by atoms with E-state index in [1.54, 1.807) is 5.57 Å². The molecule has 3 unspecified atom stereocenters. The smallest absolute Gasteiger partial charge is 0.0549 e. The van der Waals surface area contributed by atoms with Crippen LogP contribution in [0.4, 0.5) is 0 Å². The second kappa shape index (κ2) is 7.07. The van der Waals surface area contributed by atoms with Crippen molar-refractivity contribution in [3.8, 4) is 0 Å². The zero-order valence-electron chi connectivity index (χ0n) is 10.7. The van der Waals surface area contributed by atoms with Gasteiger partial charge in [-0.05, 0) is 25.7 Å². The van der Waals surface area contributed by atoms with Gasteiger partial charge in [-0.2, -0.15) is 23.5 Å². The van der Waals surface area contributed by atoms with Gasteiger partial charge in [0.2, 0.25) is 0 Å². The first-order chi connectivity index (χ1) is 8.33. The first-order valence-corrected chi connectivity index (χ1v) is 8.81. The van der Waals surface area contributed by atoms with E-state index in [1.165, 1.54) is 43.6 Å². The molecule has 1 aliphatic heterocycles. The van der Waals surface area contributed by atoms with Crippen LogP contribution in [0.5, 0.6) is 0 Å². The molecule has 0 bridgehead atoms. The lowest BCUT2D eigenvalue weighted by molar-refractivity contribution is 0.542. The maximum absolute atomic E-state index is 5.83. The molecule has 2 nitrogen and oxygen atoms in total. The molecule has 4 heteroatoms. The molecule has 0 saturated carbocycles. The van der Waals surface area contributed by atoms with Crippen LogP contribution < -0.4 is 11.3 Å². The predicted octanol–water partition coefficient (Wildman–Crippen LogP) is 2.95. The number of allylic oxidation sites excluding steroid dienone is 1. The lowest BCUT2D eigenvalue weighted by atomic mass is 9.98. The van der Waals surface area contributed by atoms with Gasteiger partial charge in [-0.3, -0.25) is 11.3 Å². The fraction of sp³-hybridized carbons (Fsp3) is 0.846. The number of hydrogen-bond donors (Lipinski definition) is 2. The van der Waals surface area contributed by atoms with E-state index in [4.69, 9.17) is 5.84 Å². The van der Waals surface area contributed by atoms with Crippen molar-refractivity contribution in [1.82, 2.24) is 5.43 Å². The number of hydrogen-bond acceptors (Lipinski definition) is 4. The highest BCUT2D eigenvalue weighted by Crippen LogP contribution is 2.36. The van der Waals surface area contributed by atoms with Gasteiger partial charge in [-0.15, -0.1) is 0 Å². The molecular formula is C13H24N2S2. The summed E-state index contributed by atoms with van der Waals surface area (Å²) in [6.07, 6.45) is 8.99. The Morgan fingerprint density at radius 3 is 2.88 bits per heavy atom. The monoisotopic (exact) mass is 272 g/mol. The molecule has 17 heavy (non-hydrogen) atoms. The first kappa shape index (κ1) is 13.8. The Bertz CT molecular complexity index is 268. The molecule has 2 rings (SSSR count). The van der Waals surface area contributed by atoms with Crippen molar-refractivity contribution < 1.29 is 0 Å². The molecule has 0 aromatic rings. The summed E-state index contributed by atoms with van der Waals surface area (Å²) in [5.74, 6) is 8.39. The molecule has 0 amide bonds. The number of hydrazine groups is 1. The number of nitrogens with two attached hydrogens (primary N) is 1. The van der Waals surface area contributed by atoms with Crippen molar-refractivity contribution in [3.63, 3.8) is 0 Å². The highest BCUT2D eigenvalue weighted by atomic mass is 32.2. The molecule has 98 valence electrons. The Morgan fingerprint density at radius 1 is 1.29 bits per heavy atom. The van der Waals surface area contributed by atoms with E-state index in [2.05, 4.69) is 41.9 Å². The Labute approximate surface area is 114 Å². The van der Waals surface area contributed by atoms with E-state index >= 15 is 0 Å². The third-order valence-corrected chi connectivity index (χ3v) is 6.92. The van der Waals surface area contributed by atoms with Gasteiger partial charge in [-0.1, -0.05) is 25.0 Å². The Balaban J connectivity index is 2.05. The standard InChI is InChI=1S/C13H24N2S2/c1-10-13(17-9-8-16-10)12(15-14)11-6-4-2-3-5-7-11/h6,10,12-13,15H,2-5,7-9,14H2,1H3. The van der Waals surface area contributed by atoms with Crippen LogP contribution in [-0.2, 0) is 0 Å². The summed E-state index contributed by atoms with van der Waals surface area (Å²) in [4.78, 5) is 0. The maximum atomic E-state index is 5.83. The topological polar surface area (TPSA) is 38.0 Å². The quantitative estimate of drug-likeness (QED) is 0.471. The lowest BCUT2D eigenvalue weighted by Crippen LogP contribution is -2.48. The summed E-state index contributed by atoms with van der Waals surface area (Å²) in [6.45, 7) is 2.35. The summed E-state index contributed by atoms with van der Waals surface area (Å²) in [6, 6.07) is 0.390. The lowest BCUT2D eigenvalue weighted by Gasteiger charge is -2.35. The van der Waals surface area contributed by atoms with Crippen molar-refractivity contribution in [1.29, 1.82) is 0 Å². The van der Waals surface area contributed by atoms with Gasteiger partial charge in [0.1, 0.15) is 0 Å². The zero-order chi connectivity index (χ0) is 12.1. The van der Waals surface area contributed by atoms with Crippen LogP contribution in [0.3, 0.4) is 0 Å². The van der Waals surface area contributed by atoms with Crippen LogP contribution in [0.25, 0.3) is 0 Å². The van der Waals surface area contributed by atoms with Crippen molar-refractivity contribution in [3.05, 3.63) is 11.6 Å². The first-order valence-electron chi connectivity index (χ1n) is 6.71. The van der Waals surface area contributed by atoms with Crippen LogP contribution in [0.2, 0.25) is 0 Å². The summed E-state index contributed by atoms with van der Waals surface area (Å²) in [5.41, 5.74) is 4.66. The molecule has 0 spiro atoms. The van der Waals surface area contributed by atoms with Crippen LogP contribution in [0.1, 0.15) is 39.0 Å². The highest BCUT2D eigenvalue weighted by Gasteiger charge is 2.31. The Kier molecular flexibility index (Phi) is 5.74. The fourth-order valence-corrected chi connectivity index (χ4v) is 5.70. The van der Waals surface area contributed by atoms with Crippen LogP contribution in [0.15, 0.2) is 11.6 Å². The van der Waals surface area contributed by atoms with E-state index in [9.17, 15) is 0 Å². The molecule has 1 heterocycles. The minimum Gasteiger partial charge on any atom is -0.271 e. The molecule has 0 radical (unpaired) electrons. The summed E-state index contributed by atoms with van der Waals surface area (Å²) >= 11 is 4.20. The highest BCUT2D eigenvalue weighted by molar-refractivity contribution is 8.07. The van der Waals surface area contributed by atoms with Crippen LogP contribution >= 0.6 is 23.5 Å². The second-order valence-corrected chi connectivity index (χ2v) is 7.71. The minimum absolute atomic E-state index is 0.390. The van der Waals surface area contributed by atoms with Gasteiger partial charge < -0.3 is 0 Å². The number of rotatable bonds is 3. The number of thioether (sulfide) groups is 2. The fourth-order valence-electron chi connectivity index (χ4n) is 2.75. The third kappa shape index (κ3) is 3.66. The molecule has 3 N–H and O–H groups in total. The summed E-state index contributed by atoms with van der Waals surface area (Å²) in [7, 11) is 0. The molecule has 3 atom stereocenters. The van der Waals surface area contributed by atoms with Gasteiger partial charge in [-0.25, -0.2) is 0 Å². The second-order valence-electron chi connectivity index (χ2n) is 4.93. The largest absolute Gasteiger partial charge is 0.271 e. The summed E-state index contributed by atoms with van der Waals surface area (Å²) in [5, 5.41) is 1.35. The van der Waals surface area contributed by atoms with E-state index in [-0.39, 0.29) is 0 Å². The Morgan fingerprint density at radius 2 is 2.12 bits per heavy atom. The van der Waals surface area contributed by atoms with E-state index < -0.39 is 0 Å². The third-order valence-electron chi connectivity index (χ3n) is 3.72. The van der Waals surface area contributed by atoms with E-state index in [0.29, 0.717) is 16.5 Å². The molecule has 1 saturated heterocycles. The normalized spacial score (nSPS) is 32.7. The molecule has 0 aromatic carbocycles. The van der Waals surface area contributed by atoms with Crippen LogP contribution in [-0.4, -0.2) is 28.0 Å². The molecule has 1 fully saturated rings. The van der Waals surface area contributed by atoms with Gasteiger partial charge in [0.05, 0.1) is 6.04 Å². The van der Waals surface area contributed by atoms with E-state index in [1.807, 2.05) is 0 Å². The molecular weight excluding hydrogens is 248 g/mol. The molecule has 2 aliphatic rings. The SMILES string of the molecule is CC1SCCSC1C(NN)C1=CCCCCC1. The van der Waals surface area contributed by atoms with Gasteiger partial charge >= 0.3 is 0 Å². The minimum atomic E-state index is 0.390. The molecule has 0 aromatic heterocycles. The van der Waals surface area contributed by atoms with Crippen molar-refractivity contribution in [2.45, 2.75) is 55.6 Å². The van der Waals surface area contributed by atoms with Gasteiger partial charge in [0.15, 0.2) is 0 Å². The van der Waals surface area contributed by atoms with Crippen molar-refractivity contribution in [2.24, 2.45) is 5.84 Å². The Hall–Kier alpha value is 0.360. The van der Waals surface area contributed by atoms with E-state index in [0.717, 1.165) is 0 Å². The average Bonchev–Trinajstić information content (AvgIpc) is 2.62.